The van der Waals surface area contributed by atoms with Crippen molar-refractivity contribution < 1.29 is 10.2 Å². The minimum absolute atomic E-state index is 0.0450. The van der Waals surface area contributed by atoms with Gasteiger partial charge in [0.15, 0.2) is 0 Å². The Morgan fingerprint density at radius 1 is 1.11 bits per heavy atom. The van der Waals surface area contributed by atoms with Crippen LogP contribution in [0.4, 0.5) is 0 Å². The molecule has 2 N–H and O–H groups in total. The third kappa shape index (κ3) is 1.33. The van der Waals surface area contributed by atoms with E-state index in [2.05, 4.69) is 13.8 Å². The van der Waals surface area contributed by atoms with Gasteiger partial charge in [0, 0.05) is 11.0 Å². The second-order valence-electron chi connectivity index (χ2n) is 5.98. The highest BCUT2D eigenvalue weighted by Crippen LogP contribution is 2.66. The Balaban J connectivity index is 2.32. The minimum Gasteiger partial charge on any atom is -0.508 e. The van der Waals surface area contributed by atoms with E-state index < -0.39 is 0 Å². The van der Waals surface area contributed by atoms with Crippen LogP contribution in [0.3, 0.4) is 0 Å². The van der Waals surface area contributed by atoms with Crippen LogP contribution in [-0.4, -0.2) is 16.8 Å². The summed E-state index contributed by atoms with van der Waals surface area (Å²) in [6.07, 6.45) is 0.915. The molecule has 1 fully saturated rings. The molecule has 0 amide bonds. The van der Waals surface area contributed by atoms with Crippen LogP contribution in [0.5, 0.6) is 5.75 Å². The first-order valence-corrected chi connectivity index (χ1v) is 6.34. The van der Waals surface area contributed by atoms with Crippen LogP contribution < -0.4 is 0 Å². The predicted molar refractivity (Wildman–Crippen MR) is 72.8 cm³/mol. The molecule has 18 heavy (non-hydrogen) atoms. The smallest absolute Gasteiger partial charge is 0.120 e. The van der Waals surface area contributed by atoms with Gasteiger partial charge in [0.25, 0.3) is 0 Å². The summed E-state index contributed by atoms with van der Waals surface area (Å²) in [6, 6.07) is 11.7. The summed E-state index contributed by atoms with van der Waals surface area (Å²) < 4.78 is 0. The lowest BCUT2D eigenvalue weighted by Gasteiger charge is -2.21. The van der Waals surface area contributed by atoms with Gasteiger partial charge in [0.2, 0.25) is 0 Å². The van der Waals surface area contributed by atoms with Gasteiger partial charge in [0.1, 0.15) is 5.75 Å². The Labute approximate surface area is 107 Å². The van der Waals surface area contributed by atoms with E-state index in [1.54, 1.807) is 6.07 Å². The molecular weight excluding hydrogens is 224 g/mol. The van der Waals surface area contributed by atoms with Crippen molar-refractivity contribution in [2.45, 2.75) is 25.7 Å². The number of benzene rings is 2. The van der Waals surface area contributed by atoms with Crippen molar-refractivity contribution >= 4 is 10.8 Å². The van der Waals surface area contributed by atoms with E-state index in [1.807, 2.05) is 30.3 Å². The lowest BCUT2D eigenvalue weighted by Crippen LogP contribution is -2.19. The summed E-state index contributed by atoms with van der Waals surface area (Å²) in [5, 5.41) is 22.2. The van der Waals surface area contributed by atoms with Crippen LogP contribution in [0, 0.1) is 5.41 Å². The first-order chi connectivity index (χ1) is 8.52. The van der Waals surface area contributed by atoms with E-state index in [1.165, 1.54) is 0 Å². The topological polar surface area (TPSA) is 40.5 Å². The van der Waals surface area contributed by atoms with Crippen LogP contribution in [0.2, 0.25) is 0 Å². The molecule has 2 nitrogen and oxygen atoms in total. The fourth-order valence-corrected chi connectivity index (χ4v) is 3.25. The number of hydrogen-bond donors (Lipinski definition) is 2. The Hall–Kier alpha value is -1.54. The van der Waals surface area contributed by atoms with E-state index >= 15 is 0 Å². The van der Waals surface area contributed by atoms with Gasteiger partial charge < -0.3 is 10.2 Å². The minimum atomic E-state index is -0.294. The zero-order chi connectivity index (χ0) is 13.0. The lowest BCUT2D eigenvalue weighted by molar-refractivity contribution is 0.229. The summed E-state index contributed by atoms with van der Waals surface area (Å²) in [6.45, 7) is 4.37. The van der Waals surface area contributed by atoms with Crippen molar-refractivity contribution in [1.82, 2.24) is 0 Å². The van der Waals surface area contributed by atoms with Crippen molar-refractivity contribution in [1.29, 1.82) is 0 Å². The lowest BCUT2D eigenvalue weighted by atomic mass is 9.84. The molecule has 1 aliphatic rings. The third-order valence-corrected chi connectivity index (χ3v) is 4.57. The molecule has 3 rings (SSSR count). The highest BCUT2D eigenvalue weighted by atomic mass is 16.3. The van der Waals surface area contributed by atoms with E-state index in [0.717, 1.165) is 22.8 Å². The second-order valence-corrected chi connectivity index (χ2v) is 5.98. The number of phenols is 1. The number of aliphatic hydroxyl groups excluding tert-OH is 1. The van der Waals surface area contributed by atoms with Gasteiger partial charge in [-0.3, -0.25) is 0 Å². The maximum atomic E-state index is 10.2. The number of aliphatic hydroxyl groups is 1. The molecule has 2 heteroatoms. The average molecular weight is 242 g/mol. The monoisotopic (exact) mass is 242 g/mol. The molecule has 1 saturated carbocycles. The SMILES string of the molecule is CC1(C)CC1(CO)c1c(O)ccc2ccccc12. The summed E-state index contributed by atoms with van der Waals surface area (Å²) in [5.74, 6) is 0.299. The molecule has 0 radical (unpaired) electrons. The fourth-order valence-electron chi connectivity index (χ4n) is 3.25. The predicted octanol–water partition coefficient (Wildman–Crippen LogP) is 3.21. The average Bonchev–Trinajstić information content (AvgIpc) is 2.92. The summed E-state index contributed by atoms with van der Waals surface area (Å²) in [4.78, 5) is 0. The van der Waals surface area contributed by atoms with Crippen molar-refractivity contribution in [2.24, 2.45) is 5.41 Å². The molecule has 0 heterocycles. The van der Waals surface area contributed by atoms with E-state index in [4.69, 9.17) is 0 Å². The third-order valence-electron chi connectivity index (χ3n) is 4.57. The zero-order valence-electron chi connectivity index (χ0n) is 10.8. The Bertz CT molecular complexity index is 616. The van der Waals surface area contributed by atoms with Gasteiger partial charge in [-0.2, -0.15) is 0 Å². The molecule has 2 aromatic carbocycles. The maximum absolute atomic E-state index is 10.2. The van der Waals surface area contributed by atoms with Crippen molar-refractivity contribution in [3.05, 3.63) is 42.0 Å². The molecule has 94 valence electrons. The summed E-state index contributed by atoms with van der Waals surface area (Å²) in [5.41, 5.74) is 0.662. The second kappa shape index (κ2) is 3.48. The van der Waals surface area contributed by atoms with Crippen LogP contribution in [0.15, 0.2) is 36.4 Å². The van der Waals surface area contributed by atoms with Gasteiger partial charge >= 0.3 is 0 Å². The summed E-state index contributed by atoms with van der Waals surface area (Å²) >= 11 is 0. The van der Waals surface area contributed by atoms with E-state index in [-0.39, 0.29) is 17.4 Å². The highest BCUT2D eigenvalue weighted by molar-refractivity contribution is 5.89. The van der Waals surface area contributed by atoms with E-state index in [0.29, 0.717) is 5.75 Å². The standard InChI is InChI=1S/C16H18O2/c1-15(2)9-16(15,10-17)14-12-6-4-3-5-11(12)7-8-13(14)18/h3-8,17-18H,9-10H2,1-2H3. The quantitative estimate of drug-likeness (QED) is 0.849. The van der Waals surface area contributed by atoms with Gasteiger partial charge in [-0.25, -0.2) is 0 Å². The molecule has 0 spiro atoms. The maximum Gasteiger partial charge on any atom is 0.120 e. The van der Waals surface area contributed by atoms with E-state index in [9.17, 15) is 10.2 Å². The molecule has 1 unspecified atom stereocenters. The molecule has 2 aromatic rings. The fraction of sp³-hybridized carbons (Fsp3) is 0.375. The van der Waals surface area contributed by atoms with Crippen molar-refractivity contribution in [3.63, 3.8) is 0 Å². The zero-order valence-corrected chi connectivity index (χ0v) is 10.8. The van der Waals surface area contributed by atoms with Gasteiger partial charge in [-0.05, 0) is 28.7 Å². The number of fused-ring (bicyclic) bond motifs is 1. The normalized spacial score (nSPS) is 25.3. The Morgan fingerprint density at radius 3 is 2.39 bits per heavy atom. The van der Waals surface area contributed by atoms with Crippen LogP contribution in [0.25, 0.3) is 10.8 Å². The summed E-state index contributed by atoms with van der Waals surface area (Å²) in [7, 11) is 0. The first kappa shape index (κ1) is 11.5. The first-order valence-electron chi connectivity index (χ1n) is 6.34. The van der Waals surface area contributed by atoms with Gasteiger partial charge in [-0.15, -0.1) is 0 Å². The molecule has 1 aliphatic carbocycles. The van der Waals surface area contributed by atoms with Crippen molar-refractivity contribution in [3.8, 4) is 5.75 Å². The van der Waals surface area contributed by atoms with Crippen LogP contribution in [0.1, 0.15) is 25.8 Å². The Morgan fingerprint density at radius 2 is 1.78 bits per heavy atom. The molecular formula is C16H18O2. The molecule has 0 saturated heterocycles. The molecule has 1 atom stereocenters. The van der Waals surface area contributed by atoms with Gasteiger partial charge in [0.05, 0.1) is 6.61 Å². The number of rotatable bonds is 2. The molecule has 0 bridgehead atoms. The largest absolute Gasteiger partial charge is 0.508 e. The number of hydrogen-bond acceptors (Lipinski definition) is 2. The van der Waals surface area contributed by atoms with Gasteiger partial charge in [-0.1, -0.05) is 44.2 Å². The molecule has 0 aliphatic heterocycles. The van der Waals surface area contributed by atoms with Crippen LogP contribution in [-0.2, 0) is 5.41 Å². The van der Waals surface area contributed by atoms with Crippen LogP contribution >= 0.6 is 0 Å². The molecule has 0 aromatic heterocycles. The number of phenolic OH excluding ortho intramolecular Hbond substituents is 1. The Kier molecular flexibility index (Phi) is 2.23. The highest BCUT2D eigenvalue weighted by Gasteiger charge is 2.63. The van der Waals surface area contributed by atoms with Crippen molar-refractivity contribution in [2.75, 3.05) is 6.61 Å². The number of aromatic hydroxyl groups is 1.